The number of hydrogen-bond donors (Lipinski definition) is 0. The Labute approximate surface area is 92.4 Å². The van der Waals surface area contributed by atoms with Crippen LogP contribution in [0, 0.1) is 13.8 Å². The molecule has 0 aliphatic carbocycles. The molecule has 5 nitrogen and oxygen atoms in total. The average molecular weight is 214 g/mol. The van der Waals surface area contributed by atoms with Gasteiger partial charge in [-0.05, 0) is 31.5 Å². The van der Waals surface area contributed by atoms with E-state index >= 15 is 0 Å². The summed E-state index contributed by atoms with van der Waals surface area (Å²) in [6.07, 6.45) is 0. The van der Waals surface area contributed by atoms with Crippen LogP contribution in [0.15, 0.2) is 33.8 Å². The van der Waals surface area contributed by atoms with Crippen molar-refractivity contribution in [1.82, 2.24) is 4.98 Å². The molecule has 1 aromatic heterocycles. The lowest BCUT2D eigenvalue weighted by atomic mass is 10.2. The fourth-order valence-corrected chi connectivity index (χ4v) is 1.32. The van der Waals surface area contributed by atoms with Crippen molar-refractivity contribution in [3.8, 4) is 11.5 Å². The van der Waals surface area contributed by atoms with E-state index < -0.39 is 0 Å². The minimum absolute atomic E-state index is 0.575. The van der Waals surface area contributed by atoms with Crippen LogP contribution >= 0.6 is 0 Å². The maximum atomic E-state index is 8.27. The SMILES string of the molecule is Cc1nc(-c2ccc(N=[N+]=[N-])cc2)oc1C. The molecule has 5 heteroatoms. The van der Waals surface area contributed by atoms with Crippen LogP contribution in [0.2, 0.25) is 0 Å². The first-order valence-corrected chi connectivity index (χ1v) is 4.80. The van der Waals surface area contributed by atoms with Gasteiger partial charge in [0.25, 0.3) is 0 Å². The minimum atomic E-state index is 0.575. The lowest BCUT2D eigenvalue weighted by Gasteiger charge is -1.95. The van der Waals surface area contributed by atoms with Crippen molar-refractivity contribution in [2.45, 2.75) is 13.8 Å². The van der Waals surface area contributed by atoms with Crippen LogP contribution in [-0.4, -0.2) is 4.98 Å². The predicted molar refractivity (Wildman–Crippen MR) is 60.2 cm³/mol. The van der Waals surface area contributed by atoms with Crippen molar-refractivity contribution in [1.29, 1.82) is 0 Å². The lowest BCUT2D eigenvalue weighted by Crippen LogP contribution is -1.77. The minimum Gasteiger partial charge on any atom is -0.441 e. The lowest BCUT2D eigenvalue weighted by molar-refractivity contribution is 0.541. The molecule has 2 aromatic rings. The Bertz CT molecular complexity index is 530. The first-order chi connectivity index (χ1) is 7.70. The second-order valence-corrected chi connectivity index (χ2v) is 3.40. The van der Waals surface area contributed by atoms with Gasteiger partial charge < -0.3 is 4.42 Å². The van der Waals surface area contributed by atoms with Gasteiger partial charge >= 0.3 is 0 Å². The fourth-order valence-electron chi connectivity index (χ4n) is 1.32. The molecule has 16 heavy (non-hydrogen) atoms. The molecule has 0 atom stereocenters. The first-order valence-electron chi connectivity index (χ1n) is 4.80. The molecule has 2 rings (SSSR count). The molecular weight excluding hydrogens is 204 g/mol. The number of aryl methyl sites for hydroxylation is 2. The highest BCUT2D eigenvalue weighted by Crippen LogP contribution is 2.23. The third kappa shape index (κ3) is 1.89. The summed E-state index contributed by atoms with van der Waals surface area (Å²) in [5.74, 6) is 1.40. The Morgan fingerprint density at radius 3 is 2.44 bits per heavy atom. The van der Waals surface area contributed by atoms with Crippen LogP contribution in [-0.2, 0) is 0 Å². The van der Waals surface area contributed by atoms with E-state index in [-0.39, 0.29) is 0 Å². The highest BCUT2D eigenvalue weighted by molar-refractivity contribution is 5.57. The molecule has 0 unspecified atom stereocenters. The van der Waals surface area contributed by atoms with Gasteiger partial charge in [-0.15, -0.1) is 0 Å². The van der Waals surface area contributed by atoms with Gasteiger partial charge in [0.2, 0.25) is 5.89 Å². The topological polar surface area (TPSA) is 74.8 Å². The average Bonchev–Trinajstić information content (AvgIpc) is 2.61. The largest absolute Gasteiger partial charge is 0.441 e. The summed E-state index contributed by atoms with van der Waals surface area (Å²) in [5.41, 5.74) is 10.6. The second kappa shape index (κ2) is 4.08. The van der Waals surface area contributed by atoms with E-state index in [0.717, 1.165) is 17.0 Å². The van der Waals surface area contributed by atoms with Gasteiger partial charge in [0, 0.05) is 16.2 Å². The third-order valence-corrected chi connectivity index (χ3v) is 2.30. The van der Waals surface area contributed by atoms with Crippen molar-refractivity contribution in [3.05, 3.63) is 46.2 Å². The number of aromatic nitrogens is 1. The summed E-state index contributed by atoms with van der Waals surface area (Å²) in [4.78, 5) is 7.00. The molecule has 0 saturated carbocycles. The maximum Gasteiger partial charge on any atom is 0.226 e. The smallest absolute Gasteiger partial charge is 0.226 e. The number of benzene rings is 1. The Morgan fingerprint density at radius 1 is 1.25 bits per heavy atom. The number of oxazole rings is 1. The van der Waals surface area contributed by atoms with Crippen molar-refractivity contribution in [2.75, 3.05) is 0 Å². The summed E-state index contributed by atoms with van der Waals surface area (Å²) in [7, 11) is 0. The molecular formula is C11H10N4O. The standard InChI is InChI=1S/C11H10N4O/c1-7-8(2)16-11(13-7)9-3-5-10(6-4-9)14-15-12/h3-6H,1-2H3. The molecule has 0 spiro atoms. The van der Waals surface area contributed by atoms with Crippen LogP contribution in [0.1, 0.15) is 11.5 Å². The normalized spacial score (nSPS) is 9.88. The van der Waals surface area contributed by atoms with Gasteiger partial charge in [0.15, 0.2) is 0 Å². The maximum absolute atomic E-state index is 8.27. The van der Waals surface area contributed by atoms with E-state index in [9.17, 15) is 0 Å². The van der Waals surface area contributed by atoms with E-state index in [1.165, 1.54) is 0 Å². The van der Waals surface area contributed by atoms with Crippen LogP contribution in [0.25, 0.3) is 21.9 Å². The van der Waals surface area contributed by atoms with Crippen molar-refractivity contribution in [3.63, 3.8) is 0 Å². The second-order valence-electron chi connectivity index (χ2n) is 3.40. The Balaban J connectivity index is 2.37. The molecule has 0 bridgehead atoms. The summed E-state index contributed by atoms with van der Waals surface area (Å²) in [6, 6.07) is 7.08. The quantitative estimate of drug-likeness (QED) is 0.432. The van der Waals surface area contributed by atoms with Gasteiger partial charge in [-0.1, -0.05) is 17.2 Å². The van der Waals surface area contributed by atoms with Gasteiger partial charge in [0.1, 0.15) is 5.76 Å². The molecule has 0 aliphatic rings. The van der Waals surface area contributed by atoms with Crippen LogP contribution in [0.5, 0.6) is 0 Å². The molecule has 1 aromatic carbocycles. The zero-order chi connectivity index (χ0) is 11.5. The number of hydrogen-bond acceptors (Lipinski definition) is 3. The number of azide groups is 1. The molecule has 0 fully saturated rings. The highest BCUT2D eigenvalue weighted by atomic mass is 16.4. The Hall–Kier alpha value is -2.26. The molecule has 80 valence electrons. The van der Waals surface area contributed by atoms with E-state index in [2.05, 4.69) is 15.0 Å². The number of rotatable bonds is 2. The summed E-state index contributed by atoms with van der Waals surface area (Å²) in [5, 5.41) is 3.49. The summed E-state index contributed by atoms with van der Waals surface area (Å²) < 4.78 is 5.49. The van der Waals surface area contributed by atoms with Crippen LogP contribution < -0.4 is 0 Å². The zero-order valence-corrected chi connectivity index (χ0v) is 9.01. The molecule has 1 heterocycles. The van der Waals surface area contributed by atoms with Crippen LogP contribution in [0.4, 0.5) is 5.69 Å². The predicted octanol–water partition coefficient (Wildman–Crippen LogP) is 3.90. The summed E-state index contributed by atoms with van der Waals surface area (Å²) >= 11 is 0. The van der Waals surface area contributed by atoms with E-state index in [1.807, 2.05) is 26.0 Å². The van der Waals surface area contributed by atoms with Gasteiger partial charge in [-0.2, -0.15) is 0 Å². The Kier molecular flexibility index (Phi) is 2.62. The zero-order valence-electron chi connectivity index (χ0n) is 9.01. The van der Waals surface area contributed by atoms with Gasteiger partial charge in [-0.3, -0.25) is 0 Å². The fraction of sp³-hybridized carbons (Fsp3) is 0.182. The number of nitrogens with zero attached hydrogens (tertiary/aromatic N) is 4. The van der Waals surface area contributed by atoms with Gasteiger partial charge in [0.05, 0.1) is 5.69 Å². The highest BCUT2D eigenvalue weighted by Gasteiger charge is 2.07. The van der Waals surface area contributed by atoms with Crippen molar-refractivity contribution >= 4 is 5.69 Å². The van der Waals surface area contributed by atoms with Crippen LogP contribution in [0.3, 0.4) is 0 Å². The molecule has 0 radical (unpaired) electrons. The van der Waals surface area contributed by atoms with E-state index in [4.69, 9.17) is 9.95 Å². The molecule has 0 aliphatic heterocycles. The Morgan fingerprint density at radius 2 is 1.94 bits per heavy atom. The molecule has 0 saturated heterocycles. The third-order valence-electron chi connectivity index (χ3n) is 2.30. The first kappa shape index (κ1) is 10.3. The van der Waals surface area contributed by atoms with Crippen molar-refractivity contribution in [2.24, 2.45) is 5.11 Å². The molecule has 0 amide bonds. The molecule has 0 N–H and O–H groups in total. The van der Waals surface area contributed by atoms with E-state index in [1.54, 1.807) is 12.1 Å². The monoisotopic (exact) mass is 214 g/mol. The summed E-state index contributed by atoms with van der Waals surface area (Å²) in [6.45, 7) is 3.77. The van der Waals surface area contributed by atoms with Crippen molar-refractivity contribution < 1.29 is 4.42 Å². The van der Waals surface area contributed by atoms with Gasteiger partial charge in [-0.25, -0.2) is 4.98 Å². The van der Waals surface area contributed by atoms with E-state index in [0.29, 0.717) is 11.6 Å².